The van der Waals surface area contributed by atoms with Crippen LogP contribution in [-0.4, -0.2) is 27.4 Å². The zero-order valence-corrected chi connectivity index (χ0v) is 17.1. The van der Waals surface area contributed by atoms with Gasteiger partial charge >= 0.3 is 0 Å². The number of carbonyl (C=O) groups excluding carboxylic acids is 1. The monoisotopic (exact) mass is 413 g/mol. The Morgan fingerprint density at radius 3 is 2.24 bits per heavy atom. The number of para-hydroxylation sites is 1. The molecule has 152 valence electrons. The number of aliphatic hydroxyl groups excluding tert-OH is 1. The molecule has 1 amide bonds. The van der Waals surface area contributed by atoms with Gasteiger partial charge in [-0.25, -0.2) is 0 Å². The maximum Gasteiger partial charge on any atom is 0.284 e. The molecule has 2 aromatic carbocycles. The van der Waals surface area contributed by atoms with Crippen LogP contribution in [0.1, 0.15) is 30.6 Å². The number of benzene rings is 2. The quantitative estimate of drug-likeness (QED) is 0.666. The number of hydrogen-bond acceptors (Lipinski definition) is 4. The van der Waals surface area contributed by atoms with Gasteiger partial charge in [0.1, 0.15) is 5.56 Å². The van der Waals surface area contributed by atoms with Crippen LogP contribution in [-0.2, 0) is 0 Å². The third-order valence-corrected chi connectivity index (χ3v) is 4.28. The molecule has 0 spiro atoms. The molecule has 0 aliphatic rings. The van der Waals surface area contributed by atoms with Gasteiger partial charge in [-0.3, -0.25) is 9.59 Å². The molecule has 3 N–H and O–H groups in total. The van der Waals surface area contributed by atoms with Crippen LogP contribution in [0.25, 0.3) is 16.9 Å². The van der Waals surface area contributed by atoms with Gasteiger partial charge in [-0.2, -0.15) is 9.78 Å². The lowest BCUT2D eigenvalue weighted by Gasteiger charge is -2.09. The second kappa shape index (κ2) is 10.5. The topological polar surface area (TPSA) is 98.2 Å². The molecule has 0 saturated heterocycles. The number of carbonyl (C=O) groups is 1. The van der Waals surface area contributed by atoms with Crippen molar-refractivity contribution < 1.29 is 9.90 Å². The van der Waals surface area contributed by atoms with Crippen molar-refractivity contribution in [3.8, 4) is 16.9 Å². The Hall–Kier alpha value is -2.96. The Morgan fingerprint density at radius 1 is 1.14 bits per heavy atom. The lowest BCUT2D eigenvalue weighted by atomic mass is 10.1. The van der Waals surface area contributed by atoms with E-state index in [4.69, 9.17) is 22.4 Å². The highest BCUT2D eigenvalue weighted by Crippen LogP contribution is 2.20. The van der Waals surface area contributed by atoms with Crippen molar-refractivity contribution in [2.24, 2.45) is 11.7 Å². The van der Waals surface area contributed by atoms with E-state index in [0.717, 1.165) is 12.0 Å². The van der Waals surface area contributed by atoms with Crippen LogP contribution in [0.2, 0.25) is 5.02 Å². The normalized spacial score (nSPS) is 10.4. The average molecular weight is 414 g/mol. The van der Waals surface area contributed by atoms with E-state index in [1.54, 1.807) is 48.5 Å². The predicted octanol–water partition coefficient (Wildman–Crippen LogP) is 3.68. The van der Waals surface area contributed by atoms with Gasteiger partial charge in [0, 0.05) is 17.2 Å². The van der Waals surface area contributed by atoms with E-state index in [0.29, 0.717) is 28.9 Å². The maximum absolute atomic E-state index is 12.4. The van der Waals surface area contributed by atoms with E-state index in [-0.39, 0.29) is 5.56 Å². The van der Waals surface area contributed by atoms with Crippen molar-refractivity contribution in [2.75, 3.05) is 6.61 Å². The summed E-state index contributed by atoms with van der Waals surface area (Å²) in [5, 5.41) is 13.2. The summed E-state index contributed by atoms with van der Waals surface area (Å²) in [6, 6.07) is 17.2. The number of halogens is 1. The number of aliphatic hydroxyl groups is 1. The lowest BCUT2D eigenvalue weighted by Crippen LogP contribution is -2.30. The van der Waals surface area contributed by atoms with Crippen LogP contribution < -0.4 is 11.3 Å². The van der Waals surface area contributed by atoms with E-state index < -0.39 is 11.5 Å². The first kappa shape index (κ1) is 22.3. The summed E-state index contributed by atoms with van der Waals surface area (Å²) in [5.74, 6) is -0.146. The summed E-state index contributed by atoms with van der Waals surface area (Å²) >= 11 is 5.88. The standard InChI is InChI=1S/C17H12ClN3O2.C5H12O/c18-12-8-6-11(7-9-12)15-10-14(16(19)22)17(23)21(20-15)13-4-2-1-3-5-13;1-5(2)3-4-6/h1-10H,(H2,19,22);5-6H,3-4H2,1-2H3. The molecule has 0 saturated carbocycles. The molecule has 1 aromatic heterocycles. The summed E-state index contributed by atoms with van der Waals surface area (Å²) in [5.41, 5.74) is 6.39. The molecule has 0 unspecified atom stereocenters. The average Bonchev–Trinajstić information content (AvgIpc) is 2.69. The van der Waals surface area contributed by atoms with Crippen LogP contribution in [0.4, 0.5) is 0 Å². The number of aromatic nitrogens is 2. The number of nitrogens with zero attached hydrogens (tertiary/aromatic N) is 2. The van der Waals surface area contributed by atoms with Gasteiger partial charge in [-0.05, 0) is 42.7 Å². The first-order valence-electron chi connectivity index (χ1n) is 9.20. The van der Waals surface area contributed by atoms with E-state index >= 15 is 0 Å². The van der Waals surface area contributed by atoms with Crippen molar-refractivity contribution >= 4 is 17.5 Å². The smallest absolute Gasteiger partial charge is 0.284 e. The Morgan fingerprint density at radius 2 is 1.76 bits per heavy atom. The molecule has 0 fully saturated rings. The van der Waals surface area contributed by atoms with Crippen LogP contribution in [0.5, 0.6) is 0 Å². The second-order valence-electron chi connectivity index (χ2n) is 6.77. The lowest BCUT2D eigenvalue weighted by molar-refractivity contribution is 0.0998. The summed E-state index contributed by atoms with van der Waals surface area (Å²) in [7, 11) is 0. The highest BCUT2D eigenvalue weighted by Gasteiger charge is 2.15. The van der Waals surface area contributed by atoms with Crippen LogP contribution in [0.3, 0.4) is 0 Å². The SMILES string of the molecule is CC(C)CCO.NC(=O)c1cc(-c2ccc(Cl)cc2)nn(-c2ccccc2)c1=O. The molecular formula is C22H24ClN3O3. The Kier molecular flexibility index (Phi) is 8.12. The molecule has 0 aliphatic carbocycles. The van der Waals surface area contributed by atoms with E-state index in [1.807, 2.05) is 6.07 Å². The van der Waals surface area contributed by atoms with E-state index in [2.05, 4.69) is 18.9 Å². The minimum Gasteiger partial charge on any atom is -0.396 e. The van der Waals surface area contributed by atoms with E-state index in [1.165, 1.54) is 10.7 Å². The molecule has 6 nitrogen and oxygen atoms in total. The molecule has 0 bridgehead atoms. The van der Waals surface area contributed by atoms with Gasteiger partial charge in [0.25, 0.3) is 11.5 Å². The minimum absolute atomic E-state index is 0.117. The summed E-state index contributed by atoms with van der Waals surface area (Å²) < 4.78 is 1.17. The zero-order chi connectivity index (χ0) is 21.4. The number of primary amides is 1. The molecule has 29 heavy (non-hydrogen) atoms. The highest BCUT2D eigenvalue weighted by molar-refractivity contribution is 6.30. The predicted molar refractivity (Wildman–Crippen MR) is 115 cm³/mol. The minimum atomic E-state index is -0.794. The molecular weight excluding hydrogens is 390 g/mol. The molecule has 3 rings (SSSR count). The first-order valence-corrected chi connectivity index (χ1v) is 9.57. The summed E-state index contributed by atoms with van der Waals surface area (Å²) in [6.45, 7) is 4.52. The van der Waals surface area contributed by atoms with Gasteiger partial charge in [0.2, 0.25) is 0 Å². The van der Waals surface area contributed by atoms with E-state index in [9.17, 15) is 9.59 Å². The van der Waals surface area contributed by atoms with Gasteiger partial charge in [0.15, 0.2) is 0 Å². The molecule has 0 atom stereocenters. The van der Waals surface area contributed by atoms with Gasteiger partial charge < -0.3 is 10.8 Å². The van der Waals surface area contributed by atoms with Crippen molar-refractivity contribution in [2.45, 2.75) is 20.3 Å². The second-order valence-corrected chi connectivity index (χ2v) is 7.21. The summed E-state index contributed by atoms with van der Waals surface area (Å²) in [4.78, 5) is 24.0. The zero-order valence-electron chi connectivity index (χ0n) is 16.4. The Bertz CT molecular complexity index is 1000. The van der Waals surface area contributed by atoms with Crippen molar-refractivity contribution in [3.63, 3.8) is 0 Å². The maximum atomic E-state index is 12.4. The van der Waals surface area contributed by atoms with Crippen LogP contribution in [0, 0.1) is 5.92 Å². The van der Waals surface area contributed by atoms with Gasteiger partial charge in [-0.15, -0.1) is 0 Å². The molecule has 0 aliphatic heterocycles. The fraction of sp³-hybridized carbons (Fsp3) is 0.227. The molecule has 0 radical (unpaired) electrons. The van der Waals surface area contributed by atoms with Crippen LogP contribution >= 0.6 is 11.6 Å². The number of hydrogen-bond donors (Lipinski definition) is 2. The Labute approximate surface area is 174 Å². The first-order chi connectivity index (χ1) is 13.8. The van der Waals surface area contributed by atoms with Crippen molar-refractivity contribution in [3.05, 3.63) is 81.6 Å². The fourth-order valence-corrected chi connectivity index (χ4v) is 2.56. The highest BCUT2D eigenvalue weighted by atomic mass is 35.5. The number of nitrogens with two attached hydrogens (primary N) is 1. The van der Waals surface area contributed by atoms with Gasteiger partial charge in [0.05, 0.1) is 11.4 Å². The number of amides is 1. The third kappa shape index (κ3) is 6.27. The van der Waals surface area contributed by atoms with Crippen LogP contribution in [0.15, 0.2) is 65.5 Å². The largest absolute Gasteiger partial charge is 0.396 e. The molecule has 3 aromatic rings. The molecule has 7 heteroatoms. The van der Waals surface area contributed by atoms with Gasteiger partial charge in [-0.1, -0.05) is 55.8 Å². The number of rotatable bonds is 5. The summed E-state index contributed by atoms with van der Waals surface area (Å²) in [6.07, 6.45) is 0.931. The van der Waals surface area contributed by atoms with Crippen molar-refractivity contribution in [1.82, 2.24) is 9.78 Å². The Balaban J connectivity index is 0.000000438. The van der Waals surface area contributed by atoms with Crippen molar-refractivity contribution in [1.29, 1.82) is 0 Å². The fourth-order valence-electron chi connectivity index (χ4n) is 2.44. The third-order valence-electron chi connectivity index (χ3n) is 4.02. The molecule has 1 heterocycles.